The number of rotatable bonds is 6. The van der Waals surface area contributed by atoms with Gasteiger partial charge in [-0.3, -0.25) is 9.59 Å². The summed E-state index contributed by atoms with van der Waals surface area (Å²) in [6.07, 6.45) is 1.58. The first-order valence-corrected chi connectivity index (χ1v) is 11.3. The molecule has 2 atom stereocenters. The molecule has 0 aliphatic carbocycles. The van der Waals surface area contributed by atoms with Crippen molar-refractivity contribution in [2.45, 2.75) is 44.0 Å². The number of nitrogens with zero attached hydrogens (tertiary/aromatic N) is 1. The molecule has 2 amide bonds. The molecule has 31 heavy (non-hydrogen) atoms. The summed E-state index contributed by atoms with van der Waals surface area (Å²) in [5.74, 6) is 0.00515. The number of aryl methyl sites for hydroxylation is 2. The standard InChI is InChI=1S/C25H26N2O3S/c1-16-10-11-17(2)19(13-16)15-27-21-8-4-5-9-22(21)31-23(25(27)29)18(3)24(28)26-14-20-7-6-12-30-20/h4-13,18,23H,14-15H2,1-3H3,(H,26,28)/t18-,23-/m0/s1. The maximum Gasteiger partial charge on any atom is 0.241 e. The number of anilines is 1. The molecule has 1 N–H and O–H groups in total. The van der Waals surface area contributed by atoms with Crippen molar-refractivity contribution in [1.82, 2.24) is 5.32 Å². The van der Waals surface area contributed by atoms with Gasteiger partial charge in [-0.2, -0.15) is 0 Å². The number of hydrogen-bond acceptors (Lipinski definition) is 4. The third-order valence-corrected chi connectivity index (χ3v) is 7.10. The molecule has 1 aliphatic rings. The van der Waals surface area contributed by atoms with Crippen LogP contribution in [-0.4, -0.2) is 17.1 Å². The zero-order valence-electron chi connectivity index (χ0n) is 17.9. The Hall–Kier alpha value is -2.99. The third-order valence-electron chi connectivity index (χ3n) is 5.64. The van der Waals surface area contributed by atoms with Crippen LogP contribution in [0.15, 0.2) is 70.2 Å². The molecule has 1 aliphatic heterocycles. The van der Waals surface area contributed by atoms with E-state index in [2.05, 4.69) is 37.4 Å². The molecule has 3 aromatic rings. The molecule has 2 aromatic carbocycles. The Morgan fingerprint density at radius 1 is 1.16 bits per heavy atom. The van der Waals surface area contributed by atoms with Crippen LogP contribution in [-0.2, 0) is 22.7 Å². The van der Waals surface area contributed by atoms with Gasteiger partial charge in [-0.15, -0.1) is 11.8 Å². The fourth-order valence-electron chi connectivity index (χ4n) is 3.75. The van der Waals surface area contributed by atoms with Gasteiger partial charge in [0.05, 0.1) is 31.0 Å². The van der Waals surface area contributed by atoms with Gasteiger partial charge in [0.15, 0.2) is 0 Å². The molecule has 0 unspecified atom stereocenters. The fraction of sp³-hybridized carbons (Fsp3) is 0.280. The van der Waals surface area contributed by atoms with E-state index in [1.165, 1.54) is 11.8 Å². The Labute approximate surface area is 186 Å². The quantitative estimate of drug-likeness (QED) is 0.602. The van der Waals surface area contributed by atoms with Crippen LogP contribution >= 0.6 is 11.8 Å². The molecule has 160 valence electrons. The number of furan rings is 1. The fourth-order valence-corrected chi connectivity index (χ4v) is 5.03. The van der Waals surface area contributed by atoms with Crippen molar-refractivity contribution >= 4 is 29.3 Å². The Balaban J connectivity index is 1.58. The van der Waals surface area contributed by atoms with Gasteiger partial charge in [-0.25, -0.2) is 0 Å². The molecule has 0 saturated heterocycles. The predicted molar refractivity (Wildman–Crippen MR) is 123 cm³/mol. The Bertz CT molecular complexity index is 1090. The van der Waals surface area contributed by atoms with Crippen LogP contribution in [0.1, 0.15) is 29.4 Å². The van der Waals surface area contributed by atoms with Crippen LogP contribution in [0.4, 0.5) is 5.69 Å². The van der Waals surface area contributed by atoms with Gasteiger partial charge in [0.25, 0.3) is 0 Å². The van der Waals surface area contributed by atoms with E-state index in [0.29, 0.717) is 18.8 Å². The van der Waals surface area contributed by atoms with Gasteiger partial charge in [-0.05, 0) is 49.2 Å². The van der Waals surface area contributed by atoms with Crippen LogP contribution < -0.4 is 10.2 Å². The summed E-state index contributed by atoms with van der Waals surface area (Å²) in [5.41, 5.74) is 4.33. The normalized spacial score (nSPS) is 16.7. The molecular weight excluding hydrogens is 408 g/mol. The second-order valence-electron chi connectivity index (χ2n) is 7.95. The van der Waals surface area contributed by atoms with Crippen LogP contribution in [0.2, 0.25) is 0 Å². The van der Waals surface area contributed by atoms with Gasteiger partial charge in [0.1, 0.15) is 11.0 Å². The molecule has 1 aromatic heterocycles. The number of benzene rings is 2. The molecule has 2 heterocycles. The number of fused-ring (bicyclic) bond motifs is 1. The van der Waals surface area contributed by atoms with Gasteiger partial charge < -0.3 is 14.6 Å². The number of para-hydroxylation sites is 1. The van der Waals surface area contributed by atoms with Gasteiger partial charge >= 0.3 is 0 Å². The van der Waals surface area contributed by atoms with Crippen molar-refractivity contribution in [3.8, 4) is 0 Å². The largest absolute Gasteiger partial charge is 0.467 e. The molecule has 4 rings (SSSR count). The Morgan fingerprint density at radius 3 is 2.74 bits per heavy atom. The van der Waals surface area contributed by atoms with E-state index in [0.717, 1.165) is 27.3 Å². The van der Waals surface area contributed by atoms with E-state index >= 15 is 0 Å². The summed E-state index contributed by atoms with van der Waals surface area (Å²) in [6, 6.07) is 17.8. The van der Waals surface area contributed by atoms with E-state index in [1.54, 1.807) is 12.3 Å². The van der Waals surface area contributed by atoms with Crippen molar-refractivity contribution in [1.29, 1.82) is 0 Å². The highest BCUT2D eigenvalue weighted by molar-refractivity contribution is 8.01. The van der Waals surface area contributed by atoms with Crippen LogP contribution in [0.25, 0.3) is 0 Å². The van der Waals surface area contributed by atoms with Crippen molar-refractivity contribution in [2.75, 3.05) is 4.90 Å². The minimum Gasteiger partial charge on any atom is -0.467 e. The van der Waals surface area contributed by atoms with Crippen molar-refractivity contribution in [3.63, 3.8) is 0 Å². The van der Waals surface area contributed by atoms with Gasteiger partial charge in [0, 0.05) is 4.90 Å². The van der Waals surface area contributed by atoms with E-state index in [4.69, 9.17) is 4.42 Å². The highest BCUT2D eigenvalue weighted by Crippen LogP contribution is 2.42. The van der Waals surface area contributed by atoms with E-state index in [9.17, 15) is 9.59 Å². The smallest absolute Gasteiger partial charge is 0.241 e. The van der Waals surface area contributed by atoms with Crippen molar-refractivity contribution < 1.29 is 14.0 Å². The minimum atomic E-state index is -0.489. The van der Waals surface area contributed by atoms with E-state index in [-0.39, 0.29) is 11.8 Å². The maximum atomic E-state index is 13.6. The van der Waals surface area contributed by atoms with Crippen molar-refractivity contribution in [3.05, 3.63) is 83.3 Å². The second kappa shape index (κ2) is 9.02. The lowest BCUT2D eigenvalue weighted by atomic mass is 10.0. The van der Waals surface area contributed by atoms with Gasteiger partial charge in [-0.1, -0.05) is 42.8 Å². The summed E-state index contributed by atoms with van der Waals surface area (Å²) in [4.78, 5) is 29.2. The SMILES string of the molecule is Cc1ccc(C)c(CN2C(=O)[C@H]([C@H](C)C(=O)NCc3ccco3)Sc3ccccc32)c1. The molecule has 6 heteroatoms. The lowest BCUT2D eigenvalue weighted by Gasteiger charge is -2.36. The predicted octanol–water partition coefficient (Wildman–Crippen LogP) is 4.86. The highest BCUT2D eigenvalue weighted by atomic mass is 32.2. The van der Waals surface area contributed by atoms with Crippen LogP contribution in [0.5, 0.6) is 0 Å². The topological polar surface area (TPSA) is 62.6 Å². The van der Waals surface area contributed by atoms with Crippen LogP contribution in [0, 0.1) is 19.8 Å². The monoisotopic (exact) mass is 434 g/mol. The maximum absolute atomic E-state index is 13.6. The average molecular weight is 435 g/mol. The average Bonchev–Trinajstić information content (AvgIpc) is 3.29. The first-order chi connectivity index (χ1) is 14.9. The molecule has 0 spiro atoms. The zero-order chi connectivity index (χ0) is 22.0. The first kappa shape index (κ1) is 21.2. The number of amides is 2. The summed E-state index contributed by atoms with van der Waals surface area (Å²) in [7, 11) is 0. The molecule has 0 fully saturated rings. The Morgan fingerprint density at radius 2 is 1.97 bits per heavy atom. The molecular formula is C25H26N2O3S. The van der Waals surface area contributed by atoms with Crippen LogP contribution in [0.3, 0.4) is 0 Å². The zero-order valence-corrected chi connectivity index (χ0v) is 18.7. The second-order valence-corrected chi connectivity index (χ2v) is 9.13. The number of carbonyl (C=O) groups excluding carboxylic acids is 2. The molecule has 0 bridgehead atoms. The summed E-state index contributed by atoms with van der Waals surface area (Å²) in [5, 5.41) is 2.40. The number of carbonyl (C=O) groups is 2. The number of nitrogens with one attached hydrogen (secondary N) is 1. The molecule has 0 saturated carbocycles. The highest BCUT2D eigenvalue weighted by Gasteiger charge is 2.39. The minimum absolute atomic E-state index is 0.0368. The summed E-state index contributed by atoms with van der Waals surface area (Å²) in [6.45, 7) is 6.73. The molecule has 5 nitrogen and oxygen atoms in total. The summed E-state index contributed by atoms with van der Waals surface area (Å²) >= 11 is 1.47. The number of hydrogen-bond donors (Lipinski definition) is 1. The molecule has 0 radical (unpaired) electrons. The van der Waals surface area contributed by atoms with Gasteiger partial charge in [0.2, 0.25) is 11.8 Å². The lowest BCUT2D eigenvalue weighted by Crippen LogP contribution is -2.47. The lowest BCUT2D eigenvalue weighted by molar-refractivity contribution is -0.128. The van der Waals surface area contributed by atoms with E-state index in [1.807, 2.05) is 42.2 Å². The first-order valence-electron chi connectivity index (χ1n) is 10.4. The number of thioether (sulfide) groups is 1. The summed E-state index contributed by atoms with van der Waals surface area (Å²) < 4.78 is 5.29. The Kier molecular flexibility index (Phi) is 6.18. The van der Waals surface area contributed by atoms with Crippen molar-refractivity contribution in [2.24, 2.45) is 5.92 Å². The van der Waals surface area contributed by atoms with E-state index < -0.39 is 11.2 Å². The third kappa shape index (κ3) is 4.54.